The molecule has 1 aromatic rings. The number of halogens is 1. The van der Waals surface area contributed by atoms with Crippen molar-refractivity contribution in [1.29, 1.82) is 0 Å². The van der Waals surface area contributed by atoms with Crippen LogP contribution in [0.15, 0.2) is 22.7 Å². The van der Waals surface area contributed by atoms with Crippen LogP contribution in [0.25, 0.3) is 0 Å². The topological polar surface area (TPSA) is 80.4 Å². The zero-order valence-corrected chi connectivity index (χ0v) is 18.3. The molecular formula is C20H36BrN5O. The number of hydrogen-bond acceptors (Lipinski definition) is 6. The molecule has 2 rings (SSSR count). The number of phenols is 1. The fourth-order valence-corrected chi connectivity index (χ4v) is 3.71. The Balaban J connectivity index is 1.84. The second kappa shape index (κ2) is 12.0. The summed E-state index contributed by atoms with van der Waals surface area (Å²) >= 11 is 3.47. The molecule has 0 amide bonds. The summed E-state index contributed by atoms with van der Waals surface area (Å²) in [5.41, 5.74) is 0.912. The lowest BCUT2D eigenvalue weighted by Crippen LogP contribution is -2.53. The zero-order chi connectivity index (χ0) is 19.5. The standard InChI is InChI=1S/C20H36BrN5O/c1-16-5-7-22-10-12-26-20(2,6-8-23-9-11-25-16)15-24-14-17-13-18(21)3-4-19(17)27/h3-4,13,16,22-27H,5-12,14-15H2,1-2H3/t16?,20-/m1/s1. The average Bonchev–Trinajstić information content (AvgIpc) is 2.63. The predicted molar refractivity (Wildman–Crippen MR) is 116 cm³/mol. The number of phenolic OH excluding ortho intramolecular Hbond substituents is 1. The van der Waals surface area contributed by atoms with Crippen LogP contribution in [-0.2, 0) is 6.54 Å². The van der Waals surface area contributed by atoms with E-state index in [1.807, 2.05) is 12.1 Å². The van der Waals surface area contributed by atoms with Crippen LogP contribution in [0.3, 0.4) is 0 Å². The molecule has 1 aromatic carbocycles. The molecule has 154 valence electrons. The van der Waals surface area contributed by atoms with Crippen LogP contribution in [0.4, 0.5) is 0 Å². The Kier molecular flexibility index (Phi) is 10.0. The maximum absolute atomic E-state index is 10.0. The van der Waals surface area contributed by atoms with Gasteiger partial charge >= 0.3 is 0 Å². The van der Waals surface area contributed by atoms with Crippen molar-refractivity contribution < 1.29 is 5.11 Å². The van der Waals surface area contributed by atoms with E-state index in [1.54, 1.807) is 6.07 Å². The van der Waals surface area contributed by atoms with E-state index in [1.165, 1.54) is 0 Å². The summed E-state index contributed by atoms with van der Waals surface area (Å²) < 4.78 is 0.984. The van der Waals surface area contributed by atoms with E-state index in [9.17, 15) is 5.11 Å². The molecule has 6 N–H and O–H groups in total. The monoisotopic (exact) mass is 441 g/mol. The lowest BCUT2D eigenvalue weighted by atomic mass is 9.97. The van der Waals surface area contributed by atoms with Crippen LogP contribution in [-0.4, -0.2) is 62.5 Å². The maximum Gasteiger partial charge on any atom is 0.120 e. The molecule has 1 aliphatic rings. The molecule has 1 heterocycles. The number of rotatable bonds is 4. The van der Waals surface area contributed by atoms with E-state index in [4.69, 9.17) is 0 Å². The Labute approximate surface area is 172 Å². The van der Waals surface area contributed by atoms with E-state index in [-0.39, 0.29) is 5.54 Å². The second-order valence-electron chi connectivity index (χ2n) is 7.76. The van der Waals surface area contributed by atoms with E-state index in [0.29, 0.717) is 18.3 Å². The molecule has 27 heavy (non-hydrogen) atoms. The SMILES string of the molecule is CC1CCNCCN[C@@](C)(CNCc2cc(Br)ccc2O)CCNCCN1. The van der Waals surface area contributed by atoms with Gasteiger partial charge in [-0.1, -0.05) is 15.9 Å². The fourth-order valence-electron chi connectivity index (χ4n) is 3.30. The zero-order valence-electron chi connectivity index (χ0n) is 16.7. The van der Waals surface area contributed by atoms with Crippen LogP contribution in [0, 0.1) is 0 Å². The van der Waals surface area contributed by atoms with Crippen LogP contribution >= 0.6 is 15.9 Å². The number of aromatic hydroxyl groups is 1. The van der Waals surface area contributed by atoms with Gasteiger partial charge in [-0.2, -0.15) is 0 Å². The van der Waals surface area contributed by atoms with Crippen LogP contribution in [0.1, 0.15) is 32.3 Å². The van der Waals surface area contributed by atoms with Crippen molar-refractivity contribution in [3.63, 3.8) is 0 Å². The van der Waals surface area contributed by atoms with Gasteiger partial charge in [0.05, 0.1) is 0 Å². The first kappa shape index (κ1) is 22.6. The molecule has 1 fully saturated rings. The molecule has 7 heteroatoms. The van der Waals surface area contributed by atoms with Gasteiger partial charge in [-0.3, -0.25) is 0 Å². The predicted octanol–water partition coefficient (Wildman–Crippen LogP) is 1.54. The third-order valence-electron chi connectivity index (χ3n) is 5.13. The van der Waals surface area contributed by atoms with Crippen molar-refractivity contribution in [3.05, 3.63) is 28.2 Å². The highest BCUT2D eigenvalue weighted by Crippen LogP contribution is 2.21. The molecule has 0 radical (unpaired) electrons. The van der Waals surface area contributed by atoms with Crippen molar-refractivity contribution in [2.45, 2.75) is 44.8 Å². The molecular weight excluding hydrogens is 406 g/mol. The quantitative estimate of drug-likeness (QED) is 0.425. The van der Waals surface area contributed by atoms with Crippen molar-refractivity contribution in [3.8, 4) is 5.75 Å². The fraction of sp³-hybridized carbons (Fsp3) is 0.700. The lowest BCUT2D eigenvalue weighted by molar-refractivity contribution is 0.305. The molecule has 0 aromatic heterocycles. The Morgan fingerprint density at radius 3 is 2.78 bits per heavy atom. The Morgan fingerprint density at radius 1 is 1.15 bits per heavy atom. The second-order valence-corrected chi connectivity index (χ2v) is 8.67. The Bertz CT molecular complexity index is 541. The minimum Gasteiger partial charge on any atom is -0.508 e. The first-order chi connectivity index (χ1) is 13.0. The molecule has 0 spiro atoms. The summed E-state index contributed by atoms with van der Waals surface area (Å²) in [5, 5.41) is 27.9. The molecule has 1 saturated heterocycles. The summed E-state index contributed by atoms with van der Waals surface area (Å²) in [6, 6.07) is 6.10. The van der Waals surface area contributed by atoms with Crippen molar-refractivity contribution in [1.82, 2.24) is 26.6 Å². The number of nitrogens with one attached hydrogen (secondary N) is 5. The van der Waals surface area contributed by atoms with Crippen LogP contribution in [0.5, 0.6) is 5.75 Å². The van der Waals surface area contributed by atoms with Gasteiger partial charge in [-0.15, -0.1) is 0 Å². The normalized spacial score (nSPS) is 26.4. The Hall–Kier alpha value is -0.700. The number of hydrogen-bond donors (Lipinski definition) is 6. The summed E-state index contributed by atoms with van der Waals surface area (Å²) in [6.45, 7) is 12.0. The van der Waals surface area contributed by atoms with Gasteiger partial charge in [-0.25, -0.2) is 0 Å². The minimum absolute atomic E-state index is 0.00114. The molecule has 0 saturated carbocycles. The van der Waals surface area contributed by atoms with Gasteiger partial charge in [0.1, 0.15) is 5.75 Å². The minimum atomic E-state index is 0.00114. The first-order valence-electron chi connectivity index (χ1n) is 10.1. The summed E-state index contributed by atoms with van der Waals surface area (Å²) in [5.74, 6) is 0.336. The van der Waals surface area contributed by atoms with Crippen LogP contribution < -0.4 is 26.6 Å². The molecule has 6 nitrogen and oxygen atoms in total. The summed E-state index contributed by atoms with van der Waals surface area (Å²) in [7, 11) is 0. The van der Waals surface area contributed by atoms with Crippen molar-refractivity contribution in [2.24, 2.45) is 0 Å². The Morgan fingerprint density at radius 2 is 1.93 bits per heavy atom. The molecule has 1 unspecified atom stereocenters. The molecule has 0 bridgehead atoms. The summed E-state index contributed by atoms with van der Waals surface area (Å²) in [6.07, 6.45) is 2.19. The van der Waals surface area contributed by atoms with Crippen molar-refractivity contribution >= 4 is 15.9 Å². The van der Waals surface area contributed by atoms with Crippen molar-refractivity contribution in [2.75, 3.05) is 45.8 Å². The highest BCUT2D eigenvalue weighted by molar-refractivity contribution is 9.10. The highest BCUT2D eigenvalue weighted by atomic mass is 79.9. The first-order valence-corrected chi connectivity index (χ1v) is 10.9. The molecule has 1 aliphatic heterocycles. The van der Waals surface area contributed by atoms with E-state index < -0.39 is 0 Å². The van der Waals surface area contributed by atoms with Crippen LogP contribution in [0.2, 0.25) is 0 Å². The van der Waals surface area contributed by atoms with Gasteiger partial charge < -0.3 is 31.7 Å². The van der Waals surface area contributed by atoms with Gasteiger partial charge in [0.25, 0.3) is 0 Å². The van der Waals surface area contributed by atoms with Gasteiger partial charge in [0, 0.05) is 60.9 Å². The molecule has 0 aliphatic carbocycles. The van der Waals surface area contributed by atoms with E-state index in [2.05, 4.69) is 56.4 Å². The van der Waals surface area contributed by atoms with Gasteiger partial charge in [0.15, 0.2) is 0 Å². The lowest BCUT2D eigenvalue weighted by Gasteiger charge is -2.32. The van der Waals surface area contributed by atoms with Gasteiger partial charge in [0.2, 0.25) is 0 Å². The highest BCUT2D eigenvalue weighted by Gasteiger charge is 2.22. The summed E-state index contributed by atoms with van der Waals surface area (Å²) in [4.78, 5) is 0. The molecule has 2 atom stereocenters. The van der Waals surface area contributed by atoms with Gasteiger partial charge in [-0.05, 0) is 58.0 Å². The largest absolute Gasteiger partial charge is 0.508 e. The van der Waals surface area contributed by atoms with E-state index >= 15 is 0 Å². The maximum atomic E-state index is 10.0. The smallest absolute Gasteiger partial charge is 0.120 e. The third-order valence-corrected chi connectivity index (χ3v) is 5.62. The average molecular weight is 442 g/mol. The third kappa shape index (κ3) is 8.89. The van der Waals surface area contributed by atoms with E-state index in [0.717, 1.165) is 68.7 Å². The number of benzene rings is 1.